The van der Waals surface area contributed by atoms with Gasteiger partial charge in [0.25, 0.3) is 0 Å². The van der Waals surface area contributed by atoms with E-state index < -0.39 is 5.97 Å². The van der Waals surface area contributed by atoms with Gasteiger partial charge in [-0.1, -0.05) is 82.1 Å². The standard InChI is InChI=1S/C26H13BrClNO2S/c27-16-9-10-19-22(12-16)32-24(23(19)28)25-29-21(26(30)31-25)13-20-17-7-3-1-5-14(17)11-15-6-2-4-8-18(15)20/h1-13H/b21-13+. The van der Waals surface area contributed by atoms with Gasteiger partial charge >= 0.3 is 5.97 Å². The van der Waals surface area contributed by atoms with Gasteiger partial charge in [-0.3, -0.25) is 0 Å². The molecule has 0 aliphatic carbocycles. The summed E-state index contributed by atoms with van der Waals surface area (Å²) >= 11 is 11.5. The van der Waals surface area contributed by atoms with Crippen LogP contribution in [0, 0.1) is 0 Å². The Morgan fingerprint density at radius 1 is 0.906 bits per heavy atom. The fourth-order valence-corrected chi connectivity index (χ4v) is 6.01. The van der Waals surface area contributed by atoms with Crippen LogP contribution < -0.4 is 0 Å². The minimum atomic E-state index is -0.480. The summed E-state index contributed by atoms with van der Waals surface area (Å²) in [6, 6.07) is 24.3. The number of hydrogen-bond acceptors (Lipinski definition) is 4. The molecule has 1 aliphatic heterocycles. The molecular weight excluding hydrogens is 506 g/mol. The molecule has 1 aliphatic rings. The van der Waals surface area contributed by atoms with Crippen molar-refractivity contribution in [3.8, 4) is 0 Å². The molecular formula is C26H13BrClNO2S. The van der Waals surface area contributed by atoms with Crippen molar-refractivity contribution in [3.63, 3.8) is 0 Å². The third-order valence-electron chi connectivity index (χ3n) is 5.50. The zero-order valence-electron chi connectivity index (χ0n) is 16.4. The van der Waals surface area contributed by atoms with Gasteiger partial charge in [-0.05, 0) is 51.4 Å². The summed E-state index contributed by atoms with van der Waals surface area (Å²) in [5.74, 6) is -0.236. The number of ether oxygens (including phenoxy) is 1. The summed E-state index contributed by atoms with van der Waals surface area (Å²) in [7, 11) is 0. The number of esters is 1. The Morgan fingerprint density at radius 3 is 2.31 bits per heavy atom. The van der Waals surface area contributed by atoms with Crippen LogP contribution >= 0.6 is 38.9 Å². The van der Waals surface area contributed by atoms with E-state index in [9.17, 15) is 4.79 Å². The van der Waals surface area contributed by atoms with Gasteiger partial charge in [0.15, 0.2) is 5.70 Å². The Hall–Kier alpha value is -2.99. The number of carbonyl (C=O) groups is 1. The minimum Gasteiger partial charge on any atom is -0.401 e. The monoisotopic (exact) mass is 517 g/mol. The number of fused-ring (bicyclic) bond motifs is 3. The molecule has 3 nitrogen and oxygen atoms in total. The second-order valence-corrected chi connectivity index (χ2v) is 9.80. The molecule has 0 amide bonds. The fourth-order valence-electron chi connectivity index (χ4n) is 4.02. The molecule has 0 spiro atoms. The largest absolute Gasteiger partial charge is 0.401 e. The average molecular weight is 519 g/mol. The third kappa shape index (κ3) is 3.16. The molecule has 32 heavy (non-hydrogen) atoms. The molecule has 1 aromatic heterocycles. The van der Waals surface area contributed by atoms with Crippen LogP contribution in [0.4, 0.5) is 0 Å². The molecule has 4 aromatic carbocycles. The number of halogens is 2. The topological polar surface area (TPSA) is 38.7 Å². The first-order chi connectivity index (χ1) is 15.6. The summed E-state index contributed by atoms with van der Waals surface area (Å²) in [6.45, 7) is 0. The molecule has 6 heteroatoms. The van der Waals surface area contributed by atoms with Gasteiger partial charge in [0, 0.05) is 14.6 Å². The number of rotatable bonds is 2. The van der Waals surface area contributed by atoms with E-state index >= 15 is 0 Å². The summed E-state index contributed by atoms with van der Waals surface area (Å²) in [5, 5.41) is 5.77. The second kappa shape index (κ2) is 7.55. The summed E-state index contributed by atoms with van der Waals surface area (Å²) in [5.41, 5.74) is 1.21. The van der Waals surface area contributed by atoms with Crippen LogP contribution in [0.1, 0.15) is 10.4 Å². The Labute approximate surface area is 200 Å². The van der Waals surface area contributed by atoms with Crippen molar-refractivity contribution in [2.24, 2.45) is 4.99 Å². The van der Waals surface area contributed by atoms with E-state index in [0.717, 1.165) is 41.7 Å². The lowest BCUT2D eigenvalue weighted by Gasteiger charge is -2.08. The van der Waals surface area contributed by atoms with Crippen LogP contribution in [0.5, 0.6) is 0 Å². The van der Waals surface area contributed by atoms with Crippen LogP contribution in [0.3, 0.4) is 0 Å². The third-order valence-corrected chi connectivity index (χ3v) is 7.64. The molecule has 5 aromatic rings. The minimum absolute atomic E-state index is 0.244. The molecule has 0 atom stereocenters. The van der Waals surface area contributed by atoms with Crippen molar-refractivity contribution in [2.45, 2.75) is 0 Å². The van der Waals surface area contributed by atoms with Gasteiger partial charge in [0.1, 0.15) is 4.88 Å². The molecule has 0 unspecified atom stereocenters. The number of carbonyl (C=O) groups excluding carboxylic acids is 1. The van der Waals surface area contributed by atoms with E-state index in [1.165, 1.54) is 11.3 Å². The van der Waals surface area contributed by atoms with E-state index in [-0.39, 0.29) is 11.6 Å². The van der Waals surface area contributed by atoms with Crippen molar-refractivity contribution in [3.05, 3.63) is 98.4 Å². The molecule has 0 bridgehead atoms. The van der Waals surface area contributed by atoms with Gasteiger partial charge in [-0.2, -0.15) is 0 Å². The highest BCUT2D eigenvalue weighted by Gasteiger charge is 2.28. The second-order valence-electron chi connectivity index (χ2n) is 7.45. The van der Waals surface area contributed by atoms with Gasteiger partial charge in [-0.15, -0.1) is 11.3 Å². The van der Waals surface area contributed by atoms with Crippen molar-refractivity contribution in [2.75, 3.05) is 0 Å². The maximum absolute atomic E-state index is 12.8. The fraction of sp³-hybridized carbons (Fsp3) is 0. The molecule has 2 heterocycles. The molecule has 0 N–H and O–H groups in total. The normalized spacial score (nSPS) is 15.1. The number of nitrogens with zero attached hydrogens (tertiary/aromatic N) is 1. The number of benzene rings is 4. The quantitative estimate of drug-likeness (QED) is 0.135. The number of thiophene rings is 1. The Kier molecular flexibility index (Phi) is 4.65. The van der Waals surface area contributed by atoms with Crippen LogP contribution in [0.15, 0.2) is 88.0 Å². The summed E-state index contributed by atoms with van der Waals surface area (Å²) < 4.78 is 7.51. The molecule has 0 saturated carbocycles. The molecule has 154 valence electrons. The van der Waals surface area contributed by atoms with E-state index in [2.05, 4.69) is 51.3 Å². The Morgan fingerprint density at radius 2 is 1.59 bits per heavy atom. The lowest BCUT2D eigenvalue weighted by Crippen LogP contribution is -2.04. The van der Waals surface area contributed by atoms with Crippen molar-refractivity contribution in [1.82, 2.24) is 0 Å². The van der Waals surface area contributed by atoms with Crippen LogP contribution in [0.25, 0.3) is 37.7 Å². The summed E-state index contributed by atoms with van der Waals surface area (Å²) in [6.07, 6.45) is 1.82. The average Bonchev–Trinajstić information content (AvgIpc) is 3.32. The van der Waals surface area contributed by atoms with E-state index in [1.54, 1.807) is 0 Å². The lowest BCUT2D eigenvalue weighted by atomic mass is 9.96. The maximum Gasteiger partial charge on any atom is 0.363 e. The zero-order valence-corrected chi connectivity index (χ0v) is 19.6. The molecule has 0 fully saturated rings. The van der Waals surface area contributed by atoms with Gasteiger partial charge in [0.05, 0.1) is 5.02 Å². The number of cyclic esters (lactones) is 1. The van der Waals surface area contributed by atoms with Gasteiger partial charge in [-0.25, -0.2) is 9.79 Å². The van der Waals surface area contributed by atoms with Crippen molar-refractivity contribution in [1.29, 1.82) is 0 Å². The van der Waals surface area contributed by atoms with Gasteiger partial charge in [0.2, 0.25) is 5.90 Å². The first kappa shape index (κ1) is 19.7. The summed E-state index contributed by atoms with van der Waals surface area (Å²) in [4.78, 5) is 18.0. The number of aliphatic imine (C=N–C) groups is 1. The van der Waals surface area contributed by atoms with E-state index in [0.29, 0.717) is 9.90 Å². The Bertz CT molecular complexity index is 1600. The predicted octanol–water partition coefficient (Wildman–Crippen LogP) is 7.97. The first-order valence-electron chi connectivity index (χ1n) is 9.89. The van der Waals surface area contributed by atoms with Crippen molar-refractivity contribution >= 4 is 88.4 Å². The van der Waals surface area contributed by atoms with Crippen molar-refractivity contribution < 1.29 is 9.53 Å². The van der Waals surface area contributed by atoms with E-state index in [1.807, 2.05) is 48.5 Å². The highest BCUT2D eigenvalue weighted by Crippen LogP contribution is 2.39. The highest BCUT2D eigenvalue weighted by atomic mass is 79.9. The molecule has 0 radical (unpaired) electrons. The first-order valence-corrected chi connectivity index (χ1v) is 11.9. The maximum atomic E-state index is 12.8. The highest BCUT2D eigenvalue weighted by molar-refractivity contribution is 9.10. The van der Waals surface area contributed by atoms with E-state index in [4.69, 9.17) is 16.3 Å². The Balaban J connectivity index is 1.54. The smallest absolute Gasteiger partial charge is 0.363 e. The van der Waals surface area contributed by atoms with Gasteiger partial charge < -0.3 is 4.74 Å². The van der Waals surface area contributed by atoms with Crippen LogP contribution in [0.2, 0.25) is 5.02 Å². The molecule has 0 saturated heterocycles. The molecule has 6 rings (SSSR count). The van der Waals surface area contributed by atoms with Crippen LogP contribution in [-0.2, 0) is 9.53 Å². The zero-order chi connectivity index (χ0) is 21.8. The lowest BCUT2D eigenvalue weighted by molar-refractivity contribution is -0.129. The predicted molar refractivity (Wildman–Crippen MR) is 137 cm³/mol. The SMILES string of the molecule is O=C1OC(c2sc3cc(Br)ccc3c2Cl)=N/C1=C/c1c2ccccc2cc2ccccc12. The number of hydrogen-bond donors (Lipinski definition) is 0. The van der Waals surface area contributed by atoms with Crippen LogP contribution in [-0.4, -0.2) is 11.9 Å².